The van der Waals surface area contributed by atoms with Gasteiger partial charge in [0.15, 0.2) is 9.84 Å². The fraction of sp³-hybridized carbons (Fsp3) is 0.333. The van der Waals surface area contributed by atoms with Crippen molar-refractivity contribution in [1.29, 1.82) is 0 Å². The molecule has 0 saturated carbocycles. The van der Waals surface area contributed by atoms with Gasteiger partial charge in [0.2, 0.25) is 0 Å². The Morgan fingerprint density at radius 3 is 1.85 bits per heavy atom. The van der Waals surface area contributed by atoms with Gasteiger partial charge in [-0.05, 0) is 26.0 Å². The first-order chi connectivity index (χ1) is 8.92. The van der Waals surface area contributed by atoms with Crippen LogP contribution in [0.4, 0.5) is 0 Å². The van der Waals surface area contributed by atoms with Crippen LogP contribution in [-0.4, -0.2) is 33.7 Å². The SMILES string of the molecule is C[C@H](N)/C=C\S(C)(=O)=O.Cc1ccc(S(=O)(=O)O)cc1. The lowest BCUT2D eigenvalue weighted by molar-refractivity contribution is 0.483. The Morgan fingerprint density at radius 2 is 1.60 bits per heavy atom. The summed E-state index contributed by atoms with van der Waals surface area (Å²) in [4.78, 5) is -0.0666. The Kier molecular flexibility index (Phi) is 7.07. The first kappa shape index (κ1) is 18.8. The fourth-order valence-corrected chi connectivity index (χ4v) is 1.99. The van der Waals surface area contributed by atoms with E-state index in [1.807, 2.05) is 6.92 Å². The van der Waals surface area contributed by atoms with E-state index in [1.54, 1.807) is 19.1 Å². The van der Waals surface area contributed by atoms with Gasteiger partial charge >= 0.3 is 0 Å². The van der Waals surface area contributed by atoms with Gasteiger partial charge < -0.3 is 5.73 Å². The van der Waals surface area contributed by atoms with Crippen LogP contribution in [0, 0.1) is 6.92 Å². The number of nitrogens with two attached hydrogens (primary N) is 1. The molecular formula is C12H19NO5S2. The summed E-state index contributed by atoms with van der Waals surface area (Å²) in [6, 6.07) is 5.79. The molecule has 8 heteroatoms. The van der Waals surface area contributed by atoms with Crippen LogP contribution in [-0.2, 0) is 20.0 Å². The molecule has 20 heavy (non-hydrogen) atoms. The van der Waals surface area contributed by atoms with Crippen LogP contribution in [0.5, 0.6) is 0 Å². The molecule has 0 aliphatic heterocycles. The standard InChI is InChI=1S/C7H8O3S.C5H11NO2S/c1-6-2-4-7(5-3-6)11(8,9)10;1-5(6)3-4-9(2,7)8/h2-5H,1H3,(H,8,9,10);3-5H,6H2,1-2H3/b;4-3-/t;5-/m.0/s1. The second-order valence-electron chi connectivity index (χ2n) is 4.31. The van der Waals surface area contributed by atoms with E-state index in [4.69, 9.17) is 10.3 Å². The van der Waals surface area contributed by atoms with Crippen LogP contribution in [0.15, 0.2) is 40.6 Å². The highest BCUT2D eigenvalue weighted by atomic mass is 32.2. The van der Waals surface area contributed by atoms with Gasteiger partial charge in [0, 0.05) is 17.7 Å². The number of aryl methyl sites for hydroxylation is 1. The van der Waals surface area contributed by atoms with E-state index in [9.17, 15) is 16.8 Å². The first-order valence-electron chi connectivity index (χ1n) is 5.60. The predicted molar refractivity (Wildman–Crippen MR) is 78.6 cm³/mol. The van der Waals surface area contributed by atoms with Crippen LogP contribution in [0.1, 0.15) is 12.5 Å². The quantitative estimate of drug-likeness (QED) is 0.807. The van der Waals surface area contributed by atoms with Crippen molar-refractivity contribution < 1.29 is 21.4 Å². The summed E-state index contributed by atoms with van der Waals surface area (Å²) >= 11 is 0. The monoisotopic (exact) mass is 321 g/mol. The van der Waals surface area contributed by atoms with Crippen LogP contribution >= 0.6 is 0 Å². The number of rotatable bonds is 3. The van der Waals surface area contributed by atoms with Gasteiger partial charge in [-0.1, -0.05) is 23.8 Å². The Hall–Kier alpha value is -1.22. The molecule has 1 aromatic rings. The smallest absolute Gasteiger partial charge is 0.294 e. The maximum atomic E-state index is 10.5. The Morgan fingerprint density at radius 1 is 1.15 bits per heavy atom. The lowest BCUT2D eigenvalue weighted by atomic mass is 10.2. The molecule has 114 valence electrons. The van der Waals surface area contributed by atoms with Crippen LogP contribution in [0.2, 0.25) is 0 Å². The fourth-order valence-electron chi connectivity index (χ4n) is 0.977. The molecule has 0 unspecified atom stereocenters. The van der Waals surface area contributed by atoms with Crippen molar-refractivity contribution in [2.75, 3.05) is 6.26 Å². The number of sulfone groups is 1. The van der Waals surface area contributed by atoms with Crippen molar-refractivity contribution in [3.05, 3.63) is 41.3 Å². The molecule has 0 amide bonds. The zero-order chi connectivity index (χ0) is 16.0. The summed E-state index contributed by atoms with van der Waals surface area (Å²) < 4.78 is 50.3. The van der Waals surface area contributed by atoms with E-state index >= 15 is 0 Å². The van der Waals surface area contributed by atoms with E-state index in [-0.39, 0.29) is 10.9 Å². The van der Waals surface area contributed by atoms with E-state index in [1.165, 1.54) is 18.2 Å². The van der Waals surface area contributed by atoms with E-state index in [0.29, 0.717) is 0 Å². The number of benzene rings is 1. The average molecular weight is 321 g/mol. The van der Waals surface area contributed by atoms with Crippen molar-refractivity contribution in [2.24, 2.45) is 5.73 Å². The van der Waals surface area contributed by atoms with E-state index in [2.05, 4.69) is 0 Å². The zero-order valence-corrected chi connectivity index (χ0v) is 13.1. The molecule has 1 atom stereocenters. The highest BCUT2D eigenvalue weighted by Crippen LogP contribution is 2.08. The van der Waals surface area contributed by atoms with Gasteiger partial charge in [-0.25, -0.2) is 8.42 Å². The van der Waals surface area contributed by atoms with Crippen LogP contribution in [0.25, 0.3) is 0 Å². The van der Waals surface area contributed by atoms with Crippen molar-refractivity contribution in [3.63, 3.8) is 0 Å². The molecule has 0 heterocycles. The minimum absolute atomic E-state index is 0.0666. The molecule has 1 aromatic carbocycles. The third-order valence-electron chi connectivity index (χ3n) is 1.95. The van der Waals surface area contributed by atoms with Crippen LogP contribution in [0.3, 0.4) is 0 Å². The highest BCUT2D eigenvalue weighted by molar-refractivity contribution is 7.93. The average Bonchev–Trinajstić information content (AvgIpc) is 2.26. The second-order valence-corrected chi connectivity index (χ2v) is 7.66. The minimum Gasteiger partial charge on any atom is -0.325 e. The summed E-state index contributed by atoms with van der Waals surface area (Å²) in [6.45, 7) is 3.55. The summed E-state index contributed by atoms with van der Waals surface area (Å²) in [5, 5.41) is 1.11. The van der Waals surface area contributed by atoms with E-state index < -0.39 is 20.0 Å². The Bertz CT molecular complexity index is 644. The first-order valence-corrected chi connectivity index (χ1v) is 8.99. The lowest BCUT2D eigenvalue weighted by Gasteiger charge is -1.95. The normalized spacial score (nSPS) is 13.7. The molecule has 0 aliphatic rings. The summed E-state index contributed by atoms with van der Waals surface area (Å²) in [7, 11) is -7.00. The number of hydrogen-bond acceptors (Lipinski definition) is 5. The summed E-state index contributed by atoms with van der Waals surface area (Å²) in [5.74, 6) is 0. The van der Waals surface area contributed by atoms with Gasteiger partial charge in [0.25, 0.3) is 10.1 Å². The molecule has 0 aromatic heterocycles. The number of hydrogen-bond donors (Lipinski definition) is 2. The van der Waals surface area contributed by atoms with Gasteiger partial charge in [-0.15, -0.1) is 0 Å². The van der Waals surface area contributed by atoms with Crippen molar-refractivity contribution in [1.82, 2.24) is 0 Å². The van der Waals surface area contributed by atoms with Crippen LogP contribution < -0.4 is 5.73 Å². The zero-order valence-electron chi connectivity index (χ0n) is 11.5. The molecule has 6 nitrogen and oxygen atoms in total. The minimum atomic E-state index is -4.02. The van der Waals surface area contributed by atoms with Gasteiger partial charge in [-0.3, -0.25) is 4.55 Å². The molecule has 0 bridgehead atoms. The topological polar surface area (TPSA) is 115 Å². The van der Waals surface area contributed by atoms with Crippen molar-refractivity contribution in [2.45, 2.75) is 24.8 Å². The third-order valence-corrected chi connectivity index (χ3v) is 3.47. The predicted octanol–water partition coefficient (Wildman–Crippen LogP) is 1.13. The maximum Gasteiger partial charge on any atom is 0.294 e. The van der Waals surface area contributed by atoms with Crippen molar-refractivity contribution in [3.8, 4) is 0 Å². The lowest BCUT2D eigenvalue weighted by Crippen LogP contribution is -2.10. The highest BCUT2D eigenvalue weighted by Gasteiger charge is 2.06. The van der Waals surface area contributed by atoms with Gasteiger partial charge in [0.1, 0.15) is 0 Å². The Labute approximate surface area is 120 Å². The second kappa shape index (κ2) is 7.53. The summed E-state index contributed by atoms with van der Waals surface area (Å²) in [6.07, 6.45) is 2.57. The summed E-state index contributed by atoms with van der Waals surface area (Å²) in [5.41, 5.74) is 6.20. The largest absolute Gasteiger partial charge is 0.325 e. The van der Waals surface area contributed by atoms with Gasteiger partial charge in [-0.2, -0.15) is 8.42 Å². The third kappa shape index (κ3) is 9.68. The molecule has 0 radical (unpaired) electrons. The molecule has 0 fully saturated rings. The van der Waals surface area contributed by atoms with Gasteiger partial charge in [0.05, 0.1) is 4.90 Å². The molecular weight excluding hydrogens is 302 g/mol. The van der Waals surface area contributed by atoms with Crippen molar-refractivity contribution >= 4 is 20.0 Å². The Balaban J connectivity index is 0.000000370. The molecule has 0 aliphatic carbocycles. The molecule has 0 saturated heterocycles. The molecule has 0 spiro atoms. The molecule has 1 rings (SSSR count). The maximum absolute atomic E-state index is 10.5. The van der Waals surface area contributed by atoms with E-state index in [0.717, 1.165) is 17.2 Å². The molecule has 3 N–H and O–H groups in total.